The van der Waals surface area contributed by atoms with Gasteiger partial charge in [0.2, 0.25) is 0 Å². The molecule has 0 radical (unpaired) electrons. The van der Waals surface area contributed by atoms with Crippen LogP contribution in [-0.4, -0.2) is 47.7 Å². The molecule has 176 valence electrons. The van der Waals surface area contributed by atoms with Gasteiger partial charge in [0.1, 0.15) is 22.3 Å². The summed E-state index contributed by atoms with van der Waals surface area (Å²) in [6, 6.07) is 12.1. The molecule has 0 amide bonds. The topological polar surface area (TPSA) is 63.9 Å². The van der Waals surface area contributed by atoms with Crippen LogP contribution in [0.4, 0.5) is 5.69 Å². The first kappa shape index (κ1) is 22.8. The standard InChI is InChI=1S/C25H25Cl2N5O2/c1-33-22-12-23(34-2)20(26)11-19(22)21-15-32-8-5-18(10-25(32)30-21)31-7-4-17(14-31)29-13-16-3-6-28-24(27)9-16/h3,5-6,8-12,15,17,29H,4,7,13-14H2,1-2H3/t17-/m0/s1. The molecule has 0 spiro atoms. The van der Waals surface area contributed by atoms with Crippen molar-refractivity contribution in [2.24, 2.45) is 0 Å². The Balaban J connectivity index is 1.32. The Labute approximate surface area is 208 Å². The second kappa shape index (κ2) is 9.70. The molecule has 0 saturated carbocycles. The van der Waals surface area contributed by atoms with Crippen LogP contribution in [0, 0.1) is 0 Å². The lowest BCUT2D eigenvalue weighted by molar-refractivity contribution is 0.395. The number of fused-ring (bicyclic) bond motifs is 1. The molecule has 1 N–H and O–H groups in total. The fraction of sp³-hybridized carbons (Fsp3) is 0.280. The van der Waals surface area contributed by atoms with Gasteiger partial charge in [-0.05, 0) is 36.2 Å². The summed E-state index contributed by atoms with van der Waals surface area (Å²) in [5.41, 5.74) is 4.76. The van der Waals surface area contributed by atoms with E-state index in [1.54, 1.807) is 26.5 Å². The number of hydrogen-bond acceptors (Lipinski definition) is 6. The monoisotopic (exact) mass is 497 g/mol. The summed E-state index contributed by atoms with van der Waals surface area (Å²) in [7, 11) is 3.21. The van der Waals surface area contributed by atoms with Crippen molar-refractivity contribution in [1.29, 1.82) is 0 Å². The third kappa shape index (κ3) is 4.64. The first-order valence-corrected chi connectivity index (χ1v) is 11.8. The lowest BCUT2D eigenvalue weighted by Gasteiger charge is -2.19. The Bertz CT molecular complexity index is 1330. The summed E-state index contributed by atoms with van der Waals surface area (Å²) in [6.07, 6.45) is 6.83. The number of pyridine rings is 2. The quantitative estimate of drug-likeness (QED) is 0.358. The SMILES string of the molecule is COc1cc(OC)c(-c2cn3ccc(N4CC[C@H](NCc5ccnc(Cl)c5)C4)cc3n2)cc1Cl. The molecule has 34 heavy (non-hydrogen) atoms. The minimum atomic E-state index is 0.407. The van der Waals surface area contributed by atoms with Gasteiger partial charge < -0.3 is 24.1 Å². The lowest BCUT2D eigenvalue weighted by atomic mass is 10.1. The summed E-state index contributed by atoms with van der Waals surface area (Å²) >= 11 is 12.4. The Morgan fingerprint density at radius 2 is 1.94 bits per heavy atom. The maximum Gasteiger partial charge on any atom is 0.141 e. The van der Waals surface area contributed by atoms with E-state index in [1.807, 2.05) is 35.0 Å². The number of imidazole rings is 1. The smallest absolute Gasteiger partial charge is 0.141 e. The lowest BCUT2D eigenvalue weighted by Crippen LogP contribution is -2.32. The van der Waals surface area contributed by atoms with Crippen molar-refractivity contribution in [2.75, 3.05) is 32.2 Å². The third-order valence-corrected chi connectivity index (χ3v) is 6.63. The summed E-state index contributed by atoms with van der Waals surface area (Å²) in [6.45, 7) is 2.69. The highest BCUT2D eigenvalue weighted by atomic mass is 35.5. The molecule has 5 rings (SSSR count). The van der Waals surface area contributed by atoms with Crippen LogP contribution in [0.25, 0.3) is 16.9 Å². The number of hydrogen-bond donors (Lipinski definition) is 1. The largest absolute Gasteiger partial charge is 0.496 e. The molecule has 0 bridgehead atoms. The van der Waals surface area contributed by atoms with Crippen molar-refractivity contribution < 1.29 is 9.47 Å². The van der Waals surface area contributed by atoms with Gasteiger partial charge in [-0.25, -0.2) is 9.97 Å². The predicted octanol–water partition coefficient (Wildman–Crippen LogP) is 5.09. The zero-order valence-electron chi connectivity index (χ0n) is 19.0. The number of rotatable bonds is 7. The van der Waals surface area contributed by atoms with Crippen molar-refractivity contribution in [1.82, 2.24) is 19.7 Å². The Kier molecular flexibility index (Phi) is 6.50. The van der Waals surface area contributed by atoms with Crippen molar-refractivity contribution in [3.8, 4) is 22.8 Å². The van der Waals surface area contributed by atoms with Gasteiger partial charge in [0.25, 0.3) is 0 Å². The van der Waals surface area contributed by atoms with Gasteiger partial charge in [-0.15, -0.1) is 0 Å². The number of aromatic nitrogens is 3. The minimum Gasteiger partial charge on any atom is -0.496 e. The molecule has 1 saturated heterocycles. The van der Waals surface area contributed by atoms with E-state index in [9.17, 15) is 0 Å². The van der Waals surface area contributed by atoms with E-state index in [-0.39, 0.29) is 0 Å². The highest BCUT2D eigenvalue weighted by molar-refractivity contribution is 6.32. The van der Waals surface area contributed by atoms with Crippen molar-refractivity contribution in [3.05, 3.63) is 70.7 Å². The summed E-state index contributed by atoms with van der Waals surface area (Å²) < 4.78 is 12.9. The Hall–Kier alpha value is -3.00. The number of ether oxygens (including phenoxy) is 2. The molecular formula is C25H25Cl2N5O2. The molecule has 7 nitrogen and oxygen atoms in total. The highest BCUT2D eigenvalue weighted by Gasteiger charge is 2.23. The molecule has 1 aliphatic heterocycles. The highest BCUT2D eigenvalue weighted by Crippen LogP contribution is 2.38. The van der Waals surface area contributed by atoms with Gasteiger partial charge in [0.05, 0.1) is 24.9 Å². The van der Waals surface area contributed by atoms with Gasteiger partial charge in [0.15, 0.2) is 0 Å². The number of anilines is 1. The van der Waals surface area contributed by atoms with E-state index in [0.29, 0.717) is 27.7 Å². The van der Waals surface area contributed by atoms with Crippen molar-refractivity contribution >= 4 is 34.5 Å². The van der Waals surface area contributed by atoms with Gasteiger partial charge in [-0.1, -0.05) is 23.2 Å². The Morgan fingerprint density at radius 1 is 1.09 bits per heavy atom. The van der Waals surface area contributed by atoms with E-state index in [0.717, 1.165) is 54.2 Å². The number of benzene rings is 1. The molecule has 1 atom stereocenters. The van der Waals surface area contributed by atoms with Gasteiger partial charge in [0, 0.05) is 67.7 Å². The molecule has 1 aliphatic rings. The number of nitrogens with one attached hydrogen (secondary N) is 1. The normalized spacial score (nSPS) is 15.8. The van der Waals surface area contributed by atoms with E-state index >= 15 is 0 Å². The maximum atomic E-state index is 6.37. The van der Waals surface area contributed by atoms with Crippen LogP contribution in [0.1, 0.15) is 12.0 Å². The molecule has 4 heterocycles. The van der Waals surface area contributed by atoms with Gasteiger partial charge in [-0.2, -0.15) is 0 Å². The fourth-order valence-electron chi connectivity index (χ4n) is 4.33. The van der Waals surface area contributed by atoms with Crippen LogP contribution in [0.15, 0.2) is 55.0 Å². The molecule has 9 heteroatoms. The van der Waals surface area contributed by atoms with E-state index < -0.39 is 0 Å². The minimum absolute atomic E-state index is 0.407. The second-order valence-electron chi connectivity index (χ2n) is 8.26. The molecular weight excluding hydrogens is 473 g/mol. The molecule has 1 aromatic carbocycles. The first-order chi connectivity index (χ1) is 16.5. The molecule has 1 fully saturated rings. The average Bonchev–Trinajstić information content (AvgIpc) is 3.49. The van der Waals surface area contributed by atoms with Crippen LogP contribution in [0.2, 0.25) is 10.2 Å². The van der Waals surface area contributed by atoms with Crippen LogP contribution in [-0.2, 0) is 6.54 Å². The van der Waals surface area contributed by atoms with Crippen LogP contribution in [0.5, 0.6) is 11.5 Å². The Morgan fingerprint density at radius 3 is 2.74 bits per heavy atom. The van der Waals surface area contributed by atoms with E-state index in [1.165, 1.54) is 0 Å². The van der Waals surface area contributed by atoms with E-state index in [4.69, 9.17) is 37.7 Å². The van der Waals surface area contributed by atoms with Crippen LogP contribution in [0.3, 0.4) is 0 Å². The van der Waals surface area contributed by atoms with Crippen molar-refractivity contribution in [3.63, 3.8) is 0 Å². The average molecular weight is 498 g/mol. The number of halogens is 2. The predicted molar refractivity (Wildman–Crippen MR) is 135 cm³/mol. The molecule has 0 unspecified atom stereocenters. The number of nitrogens with zero attached hydrogens (tertiary/aromatic N) is 4. The fourth-order valence-corrected chi connectivity index (χ4v) is 4.77. The summed E-state index contributed by atoms with van der Waals surface area (Å²) in [5.74, 6) is 1.23. The summed E-state index contributed by atoms with van der Waals surface area (Å²) in [4.78, 5) is 11.3. The van der Waals surface area contributed by atoms with E-state index in [2.05, 4.69) is 27.3 Å². The first-order valence-electron chi connectivity index (χ1n) is 11.0. The molecule has 0 aliphatic carbocycles. The maximum absolute atomic E-state index is 6.37. The zero-order chi connectivity index (χ0) is 23.7. The van der Waals surface area contributed by atoms with Crippen LogP contribution >= 0.6 is 23.2 Å². The molecule has 3 aromatic heterocycles. The third-order valence-electron chi connectivity index (χ3n) is 6.13. The second-order valence-corrected chi connectivity index (χ2v) is 9.06. The summed E-state index contributed by atoms with van der Waals surface area (Å²) in [5, 5.41) is 4.67. The van der Waals surface area contributed by atoms with Crippen molar-refractivity contribution in [2.45, 2.75) is 19.0 Å². The van der Waals surface area contributed by atoms with Gasteiger partial charge >= 0.3 is 0 Å². The molecule has 4 aromatic rings. The number of methoxy groups -OCH3 is 2. The van der Waals surface area contributed by atoms with Gasteiger partial charge in [-0.3, -0.25) is 0 Å². The zero-order valence-corrected chi connectivity index (χ0v) is 20.5. The van der Waals surface area contributed by atoms with Crippen LogP contribution < -0.4 is 19.7 Å².